The summed E-state index contributed by atoms with van der Waals surface area (Å²) in [6, 6.07) is 5.89. The first-order valence-corrected chi connectivity index (χ1v) is 8.96. The van der Waals surface area contributed by atoms with Crippen molar-refractivity contribution in [2.24, 2.45) is 0 Å². The molecule has 0 saturated heterocycles. The number of nitrogens with one attached hydrogen (secondary N) is 1. The molecule has 126 valence electrons. The van der Waals surface area contributed by atoms with Gasteiger partial charge in [0.1, 0.15) is 5.52 Å². The minimum absolute atomic E-state index is 0.00356. The van der Waals surface area contributed by atoms with Crippen LogP contribution in [0.1, 0.15) is 12.8 Å². The summed E-state index contributed by atoms with van der Waals surface area (Å²) in [5, 5.41) is 9.30. The Morgan fingerprint density at radius 1 is 1.38 bits per heavy atom. The van der Waals surface area contributed by atoms with Crippen molar-refractivity contribution < 1.29 is 4.79 Å². The lowest BCUT2D eigenvalue weighted by Crippen LogP contribution is -2.27. The summed E-state index contributed by atoms with van der Waals surface area (Å²) < 4.78 is 2.74. The van der Waals surface area contributed by atoms with Crippen LogP contribution in [0.15, 0.2) is 28.9 Å². The Labute approximate surface area is 152 Å². The fourth-order valence-electron chi connectivity index (χ4n) is 2.56. The van der Waals surface area contributed by atoms with Crippen LogP contribution in [0, 0.1) is 0 Å². The topological polar surface area (TPSA) is 85.8 Å². The van der Waals surface area contributed by atoms with E-state index in [2.05, 4.69) is 31.3 Å². The summed E-state index contributed by atoms with van der Waals surface area (Å²) in [5.74, 6) is 0.900. The largest absolute Gasteiger partial charge is 0.382 e. The number of anilines is 1. The van der Waals surface area contributed by atoms with Gasteiger partial charge in [-0.25, -0.2) is 4.98 Å². The van der Waals surface area contributed by atoms with E-state index >= 15 is 0 Å². The minimum atomic E-state index is 0.00356. The maximum atomic E-state index is 11.6. The number of fused-ring (bicyclic) bond motifs is 3. The molecule has 0 unspecified atom stereocenters. The molecule has 0 fully saturated rings. The van der Waals surface area contributed by atoms with E-state index in [0.717, 1.165) is 20.8 Å². The third-order valence-electron chi connectivity index (χ3n) is 3.70. The number of benzene rings is 1. The smallest absolute Gasteiger partial charge is 0.220 e. The molecular formula is C16H17BrClN5O. The molecule has 2 heterocycles. The fourth-order valence-corrected chi connectivity index (χ4v) is 3.04. The van der Waals surface area contributed by atoms with Crippen molar-refractivity contribution in [2.75, 3.05) is 18.2 Å². The van der Waals surface area contributed by atoms with Crippen molar-refractivity contribution in [3.8, 4) is 0 Å². The van der Waals surface area contributed by atoms with Crippen LogP contribution in [-0.2, 0) is 11.3 Å². The Morgan fingerprint density at radius 2 is 2.21 bits per heavy atom. The van der Waals surface area contributed by atoms with Crippen LogP contribution in [0.3, 0.4) is 0 Å². The predicted octanol–water partition coefficient (Wildman–Crippen LogP) is 3.06. The summed E-state index contributed by atoms with van der Waals surface area (Å²) in [4.78, 5) is 16.0. The fraction of sp³-hybridized carbons (Fsp3) is 0.312. The quantitative estimate of drug-likeness (QED) is 0.612. The molecule has 2 aromatic heterocycles. The number of carbonyl (C=O) groups excluding carboxylic acids is 1. The van der Waals surface area contributed by atoms with Gasteiger partial charge < -0.3 is 11.1 Å². The van der Waals surface area contributed by atoms with Gasteiger partial charge in [-0.05, 0) is 18.6 Å². The van der Waals surface area contributed by atoms with Crippen molar-refractivity contribution in [1.82, 2.24) is 20.1 Å². The highest BCUT2D eigenvalue weighted by atomic mass is 79.9. The normalized spacial score (nSPS) is 11.2. The second kappa shape index (κ2) is 7.36. The Bertz CT molecular complexity index is 895. The molecule has 0 bridgehead atoms. The predicted molar refractivity (Wildman–Crippen MR) is 100 cm³/mol. The zero-order valence-electron chi connectivity index (χ0n) is 12.9. The number of nitrogen functional groups attached to an aromatic ring is 1. The molecule has 3 N–H and O–H groups in total. The zero-order chi connectivity index (χ0) is 17.1. The lowest BCUT2D eigenvalue weighted by atomic mass is 10.1. The van der Waals surface area contributed by atoms with Crippen LogP contribution >= 0.6 is 27.5 Å². The van der Waals surface area contributed by atoms with E-state index in [0.29, 0.717) is 43.1 Å². The number of rotatable bonds is 6. The van der Waals surface area contributed by atoms with E-state index in [-0.39, 0.29) is 5.91 Å². The third kappa shape index (κ3) is 3.62. The van der Waals surface area contributed by atoms with Gasteiger partial charge >= 0.3 is 0 Å². The number of hydrogen-bond acceptors (Lipinski definition) is 4. The first kappa shape index (κ1) is 17.0. The highest BCUT2D eigenvalue weighted by Gasteiger charge is 2.11. The van der Waals surface area contributed by atoms with Gasteiger partial charge in [0.05, 0.1) is 12.1 Å². The second-order valence-corrected chi connectivity index (χ2v) is 6.75. The first-order valence-electron chi connectivity index (χ1n) is 7.63. The monoisotopic (exact) mass is 409 g/mol. The van der Waals surface area contributed by atoms with Crippen molar-refractivity contribution >= 4 is 61.1 Å². The van der Waals surface area contributed by atoms with Gasteiger partial charge in [0.2, 0.25) is 5.91 Å². The molecule has 0 radical (unpaired) electrons. The third-order valence-corrected chi connectivity index (χ3v) is 4.46. The Balaban J connectivity index is 1.79. The number of pyridine rings is 1. The molecule has 3 aromatic rings. The Kier molecular flexibility index (Phi) is 5.20. The molecule has 8 heteroatoms. The van der Waals surface area contributed by atoms with Crippen LogP contribution in [0.2, 0.25) is 0 Å². The summed E-state index contributed by atoms with van der Waals surface area (Å²) in [6.45, 7) is 1.07. The van der Waals surface area contributed by atoms with Crippen molar-refractivity contribution in [3.63, 3.8) is 0 Å². The number of alkyl halides is 1. The van der Waals surface area contributed by atoms with E-state index < -0.39 is 0 Å². The average Bonchev–Trinajstić information content (AvgIpc) is 2.97. The molecule has 1 amide bonds. The molecule has 0 aliphatic carbocycles. The van der Waals surface area contributed by atoms with Gasteiger partial charge in [-0.15, -0.1) is 11.6 Å². The Hall–Kier alpha value is -1.86. The number of aromatic nitrogens is 3. The number of hydrogen-bond donors (Lipinski definition) is 2. The average molecular weight is 411 g/mol. The van der Waals surface area contributed by atoms with E-state index in [1.807, 2.05) is 24.4 Å². The van der Waals surface area contributed by atoms with Gasteiger partial charge in [-0.2, -0.15) is 5.10 Å². The minimum Gasteiger partial charge on any atom is -0.382 e. The number of halogens is 2. The number of carbonyl (C=O) groups is 1. The number of nitrogens with two attached hydrogens (primary N) is 1. The molecule has 0 atom stereocenters. The maximum absolute atomic E-state index is 11.6. The molecule has 0 spiro atoms. The summed E-state index contributed by atoms with van der Waals surface area (Å²) in [6.07, 6.45) is 3.07. The van der Waals surface area contributed by atoms with E-state index in [4.69, 9.17) is 17.3 Å². The molecular weight excluding hydrogens is 394 g/mol. The lowest BCUT2D eigenvalue weighted by molar-refractivity contribution is -0.121. The Morgan fingerprint density at radius 3 is 3.00 bits per heavy atom. The van der Waals surface area contributed by atoms with Crippen molar-refractivity contribution in [1.29, 1.82) is 0 Å². The number of amides is 1. The van der Waals surface area contributed by atoms with E-state index in [1.54, 1.807) is 4.68 Å². The van der Waals surface area contributed by atoms with Gasteiger partial charge in [0, 0.05) is 40.3 Å². The van der Waals surface area contributed by atoms with E-state index in [9.17, 15) is 4.79 Å². The van der Waals surface area contributed by atoms with Crippen LogP contribution in [0.5, 0.6) is 0 Å². The van der Waals surface area contributed by atoms with Gasteiger partial charge in [0.15, 0.2) is 5.82 Å². The second-order valence-electron chi connectivity index (χ2n) is 5.46. The highest BCUT2D eigenvalue weighted by Crippen LogP contribution is 2.28. The van der Waals surface area contributed by atoms with Gasteiger partial charge in [-0.1, -0.05) is 22.0 Å². The molecule has 0 aliphatic heterocycles. The first-order chi connectivity index (χ1) is 11.6. The summed E-state index contributed by atoms with van der Waals surface area (Å²) in [7, 11) is 0. The highest BCUT2D eigenvalue weighted by molar-refractivity contribution is 9.10. The number of nitrogens with zero attached hydrogens (tertiary/aromatic N) is 3. The molecule has 1 aromatic carbocycles. The van der Waals surface area contributed by atoms with E-state index in [1.165, 1.54) is 0 Å². The van der Waals surface area contributed by atoms with Gasteiger partial charge in [-0.3, -0.25) is 9.48 Å². The molecule has 24 heavy (non-hydrogen) atoms. The van der Waals surface area contributed by atoms with Crippen LogP contribution in [-0.4, -0.2) is 33.1 Å². The SMILES string of the molecule is Nc1nc2cc(Br)ccc2c2cn(CCNC(=O)CCCCl)nc12. The molecule has 3 rings (SSSR count). The van der Waals surface area contributed by atoms with Crippen LogP contribution in [0.25, 0.3) is 21.8 Å². The zero-order valence-corrected chi connectivity index (χ0v) is 15.3. The van der Waals surface area contributed by atoms with Crippen molar-refractivity contribution in [3.05, 3.63) is 28.9 Å². The summed E-state index contributed by atoms with van der Waals surface area (Å²) in [5.41, 5.74) is 7.53. The molecule has 0 saturated carbocycles. The molecule has 6 nitrogen and oxygen atoms in total. The maximum Gasteiger partial charge on any atom is 0.220 e. The molecule has 0 aliphatic rings. The standard InChI is InChI=1S/C16H17BrClN5O/c17-10-3-4-11-12-9-23(7-6-20-14(24)2-1-5-18)22-15(12)16(19)21-13(11)8-10/h3-4,8-9H,1-2,5-7H2,(H2,19,21)(H,20,24). The van der Waals surface area contributed by atoms with Gasteiger partial charge in [0.25, 0.3) is 0 Å². The summed E-state index contributed by atoms with van der Waals surface area (Å²) >= 11 is 9.02. The van der Waals surface area contributed by atoms with Crippen LogP contribution in [0.4, 0.5) is 5.82 Å². The van der Waals surface area contributed by atoms with Crippen LogP contribution < -0.4 is 11.1 Å². The van der Waals surface area contributed by atoms with Crippen molar-refractivity contribution in [2.45, 2.75) is 19.4 Å². The lowest BCUT2D eigenvalue weighted by Gasteiger charge is -2.04.